The van der Waals surface area contributed by atoms with E-state index >= 15 is 0 Å². The molecule has 1 aromatic rings. The molecule has 1 aromatic carbocycles. The van der Waals surface area contributed by atoms with E-state index in [1.807, 2.05) is 0 Å². The molecular weight excluding hydrogens is 343 g/mol. The van der Waals surface area contributed by atoms with Crippen LogP contribution in [-0.2, 0) is 0 Å². The number of anilines is 1. The van der Waals surface area contributed by atoms with Gasteiger partial charge in [0.05, 0.1) is 9.40 Å². The van der Waals surface area contributed by atoms with Gasteiger partial charge in [0.25, 0.3) is 5.69 Å². The highest BCUT2D eigenvalue weighted by Gasteiger charge is 2.17. The summed E-state index contributed by atoms with van der Waals surface area (Å²) in [6.45, 7) is 5.54. The summed E-state index contributed by atoms with van der Waals surface area (Å²) >= 11 is 2.96. The van der Waals surface area contributed by atoms with E-state index in [1.165, 1.54) is 6.07 Å². The molecule has 1 heterocycles. The Hall–Kier alpha value is -1.25. The second-order valence-electron chi connectivity index (χ2n) is 4.91. The third-order valence-corrected chi connectivity index (χ3v) is 4.02. The molecule has 0 bridgehead atoms. The van der Waals surface area contributed by atoms with E-state index in [0.717, 1.165) is 45.2 Å². The van der Waals surface area contributed by atoms with E-state index in [4.69, 9.17) is 0 Å². The van der Waals surface area contributed by atoms with Crippen LogP contribution >= 0.6 is 15.9 Å². The molecule has 0 aliphatic carbocycles. The molecule has 21 heavy (non-hydrogen) atoms. The molecule has 0 aromatic heterocycles. The second-order valence-corrected chi connectivity index (χ2v) is 5.77. The monoisotopic (exact) mass is 360 g/mol. The number of nitrogens with zero attached hydrogens (tertiary/aromatic N) is 2. The minimum atomic E-state index is -0.511. The van der Waals surface area contributed by atoms with Gasteiger partial charge < -0.3 is 15.5 Å². The van der Waals surface area contributed by atoms with E-state index in [2.05, 4.69) is 31.5 Å². The van der Waals surface area contributed by atoms with Crippen molar-refractivity contribution in [2.24, 2.45) is 0 Å². The van der Waals surface area contributed by atoms with Crippen LogP contribution in [0.3, 0.4) is 0 Å². The van der Waals surface area contributed by atoms with Crippen LogP contribution in [0.5, 0.6) is 0 Å². The number of nitrogens with one attached hydrogen (secondary N) is 2. The molecule has 8 heteroatoms. The van der Waals surface area contributed by atoms with Gasteiger partial charge in [0, 0.05) is 44.9 Å². The Labute approximate surface area is 131 Å². The van der Waals surface area contributed by atoms with Gasteiger partial charge in [-0.05, 0) is 28.9 Å². The van der Waals surface area contributed by atoms with Crippen molar-refractivity contribution in [3.05, 3.63) is 32.5 Å². The molecule has 1 aliphatic heterocycles. The van der Waals surface area contributed by atoms with Gasteiger partial charge in [-0.2, -0.15) is 0 Å². The molecule has 0 atom stereocenters. The van der Waals surface area contributed by atoms with Gasteiger partial charge >= 0.3 is 0 Å². The van der Waals surface area contributed by atoms with Crippen LogP contribution in [0.1, 0.15) is 6.42 Å². The van der Waals surface area contributed by atoms with Crippen LogP contribution in [0.25, 0.3) is 0 Å². The molecule has 0 unspecified atom stereocenters. The zero-order valence-electron chi connectivity index (χ0n) is 11.6. The Bertz CT molecular complexity index is 509. The van der Waals surface area contributed by atoms with Crippen molar-refractivity contribution in [3.63, 3.8) is 0 Å². The Kier molecular flexibility index (Phi) is 5.89. The molecule has 6 nitrogen and oxygen atoms in total. The van der Waals surface area contributed by atoms with Crippen molar-refractivity contribution < 1.29 is 9.31 Å². The fraction of sp³-hybridized carbons (Fsp3) is 0.538. The molecular formula is C13H18BrFN4O2. The molecule has 0 radical (unpaired) electrons. The van der Waals surface area contributed by atoms with Crippen molar-refractivity contribution in [2.75, 3.05) is 44.6 Å². The highest BCUT2D eigenvalue weighted by atomic mass is 79.9. The Morgan fingerprint density at radius 1 is 1.43 bits per heavy atom. The highest BCUT2D eigenvalue weighted by Crippen LogP contribution is 2.30. The number of nitro benzene ring substituents is 1. The lowest BCUT2D eigenvalue weighted by atomic mass is 10.2. The summed E-state index contributed by atoms with van der Waals surface area (Å²) in [4.78, 5) is 12.8. The molecule has 2 rings (SSSR count). The predicted molar refractivity (Wildman–Crippen MR) is 83.2 cm³/mol. The third kappa shape index (κ3) is 4.62. The van der Waals surface area contributed by atoms with Crippen LogP contribution in [0.4, 0.5) is 15.8 Å². The number of benzene rings is 1. The van der Waals surface area contributed by atoms with Crippen LogP contribution in [-0.4, -0.2) is 49.1 Å². The maximum atomic E-state index is 13.5. The Morgan fingerprint density at radius 3 is 2.81 bits per heavy atom. The molecule has 0 saturated carbocycles. The number of rotatable bonds is 6. The first kappa shape index (κ1) is 16.1. The largest absolute Gasteiger partial charge is 0.379 e. The first-order valence-corrected chi connectivity index (χ1v) is 7.67. The van der Waals surface area contributed by atoms with Gasteiger partial charge in [-0.3, -0.25) is 10.1 Å². The second kappa shape index (κ2) is 7.67. The maximum Gasteiger partial charge on any atom is 0.293 e. The summed E-state index contributed by atoms with van der Waals surface area (Å²) in [5, 5.41) is 17.2. The summed E-state index contributed by atoms with van der Waals surface area (Å²) in [5.74, 6) is -0.509. The molecule has 1 aliphatic rings. The predicted octanol–water partition coefficient (Wildman–Crippen LogP) is 2.20. The average Bonchev–Trinajstić information content (AvgIpc) is 2.47. The summed E-state index contributed by atoms with van der Waals surface area (Å²) in [7, 11) is 0. The normalized spacial score (nSPS) is 15.9. The van der Waals surface area contributed by atoms with Crippen LogP contribution in [0, 0.1) is 15.9 Å². The Morgan fingerprint density at radius 2 is 2.14 bits per heavy atom. The smallest absolute Gasteiger partial charge is 0.293 e. The first-order chi connectivity index (χ1) is 10.1. The average molecular weight is 361 g/mol. The van der Waals surface area contributed by atoms with Gasteiger partial charge in [0.15, 0.2) is 0 Å². The number of nitro groups is 1. The molecule has 116 valence electrons. The lowest BCUT2D eigenvalue weighted by molar-refractivity contribution is -0.384. The van der Waals surface area contributed by atoms with Crippen LogP contribution in [0.15, 0.2) is 16.6 Å². The summed E-state index contributed by atoms with van der Waals surface area (Å²) < 4.78 is 13.6. The standard InChI is InChI=1S/C13H18BrFN4O2/c14-10-8-13(19(20)21)12(9-11(10)15)17-2-1-5-18-6-3-16-4-7-18/h8-9,16-17H,1-7H2. The van der Waals surface area contributed by atoms with Crippen molar-refractivity contribution in [3.8, 4) is 0 Å². The molecule has 2 N–H and O–H groups in total. The summed E-state index contributed by atoms with van der Waals surface area (Å²) in [5.41, 5.74) is 0.103. The SMILES string of the molecule is O=[N+]([O-])c1cc(Br)c(F)cc1NCCCN1CCNCC1. The topological polar surface area (TPSA) is 70.4 Å². The summed E-state index contributed by atoms with van der Waals surface area (Å²) in [6, 6.07) is 2.35. The zero-order chi connectivity index (χ0) is 15.2. The van der Waals surface area contributed by atoms with E-state index in [-0.39, 0.29) is 15.8 Å². The van der Waals surface area contributed by atoms with Gasteiger partial charge in [-0.25, -0.2) is 4.39 Å². The number of hydrogen-bond acceptors (Lipinski definition) is 5. The van der Waals surface area contributed by atoms with E-state index < -0.39 is 10.7 Å². The molecule has 1 fully saturated rings. The number of hydrogen-bond donors (Lipinski definition) is 2. The maximum absolute atomic E-state index is 13.5. The molecule has 0 amide bonds. The van der Waals surface area contributed by atoms with Gasteiger partial charge in [0.2, 0.25) is 0 Å². The lowest BCUT2D eigenvalue weighted by Crippen LogP contribution is -2.44. The fourth-order valence-corrected chi connectivity index (χ4v) is 2.62. The van der Waals surface area contributed by atoms with Crippen molar-refractivity contribution in [2.45, 2.75) is 6.42 Å². The lowest BCUT2D eigenvalue weighted by Gasteiger charge is -2.27. The van der Waals surface area contributed by atoms with E-state index in [1.54, 1.807) is 0 Å². The first-order valence-electron chi connectivity index (χ1n) is 6.88. The highest BCUT2D eigenvalue weighted by molar-refractivity contribution is 9.10. The summed E-state index contributed by atoms with van der Waals surface area (Å²) in [6.07, 6.45) is 0.856. The van der Waals surface area contributed by atoms with Gasteiger partial charge in [0.1, 0.15) is 11.5 Å². The minimum absolute atomic E-state index is 0.0977. The van der Waals surface area contributed by atoms with Crippen LogP contribution < -0.4 is 10.6 Å². The van der Waals surface area contributed by atoms with Crippen LogP contribution in [0.2, 0.25) is 0 Å². The van der Waals surface area contributed by atoms with Gasteiger partial charge in [-0.15, -0.1) is 0 Å². The molecule has 0 spiro atoms. The third-order valence-electron chi connectivity index (χ3n) is 3.41. The van der Waals surface area contributed by atoms with Gasteiger partial charge in [-0.1, -0.05) is 0 Å². The number of halogens is 2. The van der Waals surface area contributed by atoms with Crippen molar-refractivity contribution in [1.29, 1.82) is 0 Å². The quantitative estimate of drug-likeness (QED) is 0.462. The zero-order valence-corrected chi connectivity index (χ0v) is 13.2. The van der Waals surface area contributed by atoms with Crippen molar-refractivity contribution >= 4 is 27.3 Å². The van der Waals surface area contributed by atoms with E-state index in [0.29, 0.717) is 6.54 Å². The molecule has 1 saturated heterocycles. The minimum Gasteiger partial charge on any atom is -0.379 e. The fourth-order valence-electron chi connectivity index (χ4n) is 2.29. The number of piperazine rings is 1. The van der Waals surface area contributed by atoms with Crippen molar-refractivity contribution in [1.82, 2.24) is 10.2 Å². The van der Waals surface area contributed by atoms with E-state index in [9.17, 15) is 14.5 Å². The Balaban J connectivity index is 1.87.